The van der Waals surface area contributed by atoms with Crippen LogP contribution in [0.15, 0.2) is 11.3 Å². The van der Waals surface area contributed by atoms with E-state index in [0.717, 1.165) is 12.5 Å². The second kappa shape index (κ2) is 15.8. The zero-order valence-corrected chi connectivity index (χ0v) is 42.0. The lowest BCUT2D eigenvalue weighted by molar-refractivity contribution is -0.284. The minimum absolute atomic E-state index is 0.0167. The van der Waals surface area contributed by atoms with Crippen LogP contribution >= 0.6 is 0 Å². The molecule has 0 aromatic rings. The summed E-state index contributed by atoms with van der Waals surface area (Å²) in [4.78, 5) is 111. The third-order valence-electron chi connectivity index (χ3n) is 20.0. The summed E-state index contributed by atoms with van der Waals surface area (Å²) in [5.74, 6) is -8.93. The molecule has 4 bridgehead atoms. The Bertz CT molecular complexity index is 2330. The van der Waals surface area contributed by atoms with Crippen molar-refractivity contribution in [3.8, 4) is 0 Å². The van der Waals surface area contributed by atoms with Crippen LogP contribution < -0.4 is 0 Å². The quantitative estimate of drug-likeness (QED) is 0.268. The Morgan fingerprint density at radius 1 is 0.565 bits per heavy atom. The summed E-state index contributed by atoms with van der Waals surface area (Å²) in [7, 11) is 0. The van der Waals surface area contributed by atoms with E-state index in [1.165, 1.54) is 34.6 Å². The van der Waals surface area contributed by atoms with E-state index in [1.54, 1.807) is 20.8 Å². The first-order valence-corrected chi connectivity index (χ1v) is 24.9. The molecule has 1 heterocycles. The zero-order valence-electron chi connectivity index (χ0n) is 42.0. The highest BCUT2D eigenvalue weighted by atomic mass is 16.6. The van der Waals surface area contributed by atoms with Gasteiger partial charge in [-0.2, -0.15) is 0 Å². The normalized spacial score (nSPS) is 47.2. The average molecular weight is 967 g/mol. The minimum Gasteiger partial charge on any atom is -0.483 e. The lowest BCUT2D eigenvalue weighted by Crippen LogP contribution is -2.76. The van der Waals surface area contributed by atoms with Crippen LogP contribution in [0.2, 0.25) is 0 Å². The number of ketones is 2. The second-order valence-electron chi connectivity index (χ2n) is 24.1. The van der Waals surface area contributed by atoms with Crippen LogP contribution in [0.5, 0.6) is 0 Å². The van der Waals surface area contributed by atoms with Gasteiger partial charge >= 0.3 is 35.8 Å². The van der Waals surface area contributed by atoms with Crippen LogP contribution in [0, 0.1) is 68.0 Å². The van der Waals surface area contributed by atoms with Crippen molar-refractivity contribution in [1.82, 2.24) is 0 Å². The van der Waals surface area contributed by atoms with Gasteiger partial charge in [0.05, 0.1) is 23.0 Å². The van der Waals surface area contributed by atoms with Crippen molar-refractivity contribution in [2.24, 2.45) is 68.0 Å². The summed E-state index contributed by atoms with van der Waals surface area (Å²) in [5.41, 5.74) is -8.51. The highest BCUT2D eigenvalue weighted by Crippen LogP contribution is 2.78. The van der Waals surface area contributed by atoms with Gasteiger partial charge in [-0.3, -0.25) is 38.4 Å². The molecule has 9 rings (SSSR count). The Kier molecular flexibility index (Phi) is 11.4. The first-order chi connectivity index (χ1) is 32.0. The molecule has 7 fully saturated rings. The summed E-state index contributed by atoms with van der Waals surface area (Å²) in [6.07, 6.45) is -7.19. The Morgan fingerprint density at radius 2 is 1.09 bits per heavy atom. The molecule has 7 saturated carbocycles. The molecule has 0 unspecified atom stereocenters. The largest absolute Gasteiger partial charge is 0.483 e. The van der Waals surface area contributed by atoms with Gasteiger partial charge in [0.15, 0.2) is 23.3 Å². The van der Waals surface area contributed by atoms with Crippen molar-refractivity contribution < 1.29 is 81.7 Å². The molecule has 69 heavy (non-hydrogen) atoms. The molecule has 17 nitrogen and oxygen atoms in total. The fourth-order valence-electron chi connectivity index (χ4n) is 18.1. The number of carbonyl (C=O) groups is 8. The molecule has 19 atom stereocenters. The number of Topliss-reactive ketones (excluding diaryl/α,β-unsaturated/α-hetero) is 2. The summed E-state index contributed by atoms with van der Waals surface area (Å²) in [5, 5.41) is 24.8. The number of aliphatic hydroxyl groups is 2. The average Bonchev–Trinajstić information content (AvgIpc) is 3.56. The van der Waals surface area contributed by atoms with Gasteiger partial charge in [-0.15, -0.1) is 0 Å². The van der Waals surface area contributed by atoms with Gasteiger partial charge in [0, 0.05) is 99.7 Å². The number of allylic oxidation sites excluding steroid dienone is 1. The molecule has 17 heteroatoms. The third kappa shape index (κ3) is 6.51. The van der Waals surface area contributed by atoms with Crippen LogP contribution in [0.3, 0.4) is 0 Å². The highest BCUT2D eigenvalue weighted by Gasteiger charge is 2.85. The molecular formula is C52H70O17. The van der Waals surface area contributed by atoms with Crippen LogP contribution in [0.25, 0.3) is 0 Å². The van der Waals surface area contributed by atoms with E-state index in [4.69, 9.17) is 33.2 Å². The molecule has 0 radical (unpaired) electrons. The summed E-state index contributed by atoms with van der Waals surface area (Å²) >= 11 is 0. The number of esters is 6. The van der Waals surface area contributed by atoms with Crippen molar-refractivity contribution in [1.29, 1.82) is 0 Å². The predicted molar refractivity (Wildman–Crippen MR) is 237 cm³/mol. The fourth-order valence-corrected chi connectivity index (χ4v) is 18.1. The van der Waals surface area contributed by atoms with E-state index in [9.17, 15) is 39.0 Å². The third-order valence-corrected chi connectivity index (χ3v) is 20.0. The van der Waals surface area contributed by atoms with Gasteiger partial charge in [0.25, 0.3) is 0 Å². The second-order valence-corrected chi connectivity index (χ2v) is 24.1. The maximum absolute atomic E-state index is 16.6. The van der Waals surface area contributed by atoms with Crippen LogP contribution in [-0.4, -0.2) is 112 Å². The zero-order chi connectivity index (χ0) is 50.7. The molecule has 1 aliphatic heterocycles. The lowest BCUT2D eigenvalue weighted by atomic mass is 9.38. The summed E-state index contributed by atoms with van der Waals surface area (Å²) in [6, 6.07) is 0. The molecule has 9 aliphatic rings. The molecular weight excluding hydrogens is 897 g/mol. The topological polar surface area (TPSA) is 242 Å². The first kappa shape index (κ1) is 49.6. The van der Waals surface area contributed by atoms with Crippen LogP contribution in [0.4, 0.5) is 0 Å². The smallest absolute Gasteiger partial charge is 0.303 e. The minimum atomic E-state index is -1.88. The Morgan fingerprint density at radius 3 is 1.65 bits per heavy atom. The van der Waals surface area contributed by atoms with E-state index in [0.29, 0.717) is 25.0 Å². The van der Waals surface area contributed by atoms with E-state index in [2.05, 4.69) is 0 Å². The number of aliphatic hydroxyl groups excluding tert-OH is 2. The summed E-state index contributed by atoms with van der Waals surface area (Å²) < 4.78 is 44.5. The maximum atomic E-state index is 16.6. The Hall–Kier alpha value is -4.38. The Balaban J connectivity index is 1.23. The fraction of sp³-hybridized carbons (Fsp3) is 0.808. The monoisotopic (exact) mass is 966 g/mol. The van der Waals surface area contributed by atoms with Crippen LogP contribution in [0.1, 0.15) is 141 Å². The molecule has 380 valence electrons. The van der Waals surface area contributed by atoms with Crippen LogP contribution in [-0.2, 0) is 71.5 Å². The lowest BCUT2D eigenvalue weighted by Gasteiger charge is -2.68. The van der Waals surface area contributed by atoms with Crippen molar-refractivity contribution in [2.75, 3.05) is 0 Å². The molecule has 2 N–H and O–H groups in total. The van der Waals surface area contributed by atoms with Crippen molar-refractivity contribution in [3.05, 3.63) is 11.3 Å². The maximum Gasteiger partial charge on any atom is 0.303 e. The number of rotatable bonds is 6. The first-order valence-electron chi connectivity index (χ1n) is 24.9. The van der Waals surface area contributed by atoms with E-state index in [1.807, 2.05) is 20.8 Å². The van der Waals surface area contributed by atoms with Gasteiger partial charge in [-0.1, -0.05) is 41.5 Å². The molecule has 0 aromatic carbocycles. The molecule has 3 spiro atoms. The van der Waals surface area contributed by atoms with Crippen molar-refractivity contribution in [2.45, 2.75) is 195 Å². The van der Waals surface area contributed by atoms with Gasteiger partial charge in [-0.05, 0) is 62.4 Å². The number of hydrogen-bond acceptors (Lipinski definition) is 17. The SMILES string of the molecule is CC(=O)O[C@H]1C[C@@H]2C[C@@]3(C4=C2CC[C@@]2(O4)C(=O)[C@@]45C[C@@H]2C[C@H](OC(C)=O)[C@H]4[C@]2(C)[C@@H](OC(C)=O)C[C@H](O)C(C)(C)[C@H]2C(=O)[C@@H]5OC(C)=O)[C@@H]1[C@]1(C)[C@@H](OC(C)=O)C[C@H](OC(C)=O)C(C)(C)[C@H]1C[C@@H]3O. The van der Waals surface area contributed by atoms with Gasteiger partial charge in [-0.25, -0.2) is 0 Å². The van der Waals surface area contributed by atoms with E-state index in [-0.39, 0.29) is 44.4 Å². The molecule has 0 amide bonds. The highest BCUT2D eigenvalue weighted by molar-refractivity contribution is 6.05. The van der Waals surface area contributed by atoms with E-state index < -0.39 is 164 Å². The number of carbonyl (C=O) groups excluding carboxylic acids is 8. The predicted octanol–water partition coefficient (Wildman–Crippen LogP) is 4.81. The Labute approximate surface area is 402 Å². The van der Waals surface area contributed by atoms with Crippen molar-refractivity contribution >= 4 is 47.4 Å². The number of ether oxygens (including phenoxy) is 7. The van der Waals surface area contributed by atoms with Gasteiger partial charge < -0.3 is 43.4 Å². The molecule has 0 aromatic heterocycles. The number of fused-ring (bicyclic) bond motifs is 8. The van der Waals surface area contributed by atoms with E-state index >= 15 is 9.59 Å². The van der Waals surface area contributed by atoms with Gasteiger partial charge in [0.1, 0.15) is 36.3 Å². The number of hydrogen-bond donors (Lipinski definition) is 2. The standard InChI is InChI=1S/C52H70O17/c1-22(53)63-31-15-28-20-50(35(60)17-33-46(7,8)36(65-24(3)55)19-38(67-26(5)57)48(33,11)40(31)50)43-30(28)13-14-52(69-43)29-16-32(64-23(2)54)41-49(12)37(66-25(4)56)18-34(59)47(9,10)42(49)39(61)44(68-27(6)58)51(41,21-29)45(52)62/h28-29,31-38,40-42,44,59-60H,13-21H2,1-12H3/t28-,29+,31+,32+,33-,34+,35+,36+,37+,38+,40+,41+,42-,44+,48+,49+,50+,51+,52+/m1/s1. The molecule has 0 saturated heterocycles. The molecule has 8 aliphatic carbocycles. The van der Waals surface area contributed by atoms with Gasteiger partial charge in [0.2, 0.25) is 0 Å². The van der Waals surface area contributed by atoms with Crippen molar-refractivity contribution in [3.63, 3.8) is 0 Å². The summed E-state index contributed by atoms with van der Waals surface area (Å²) in [6.45, 7) is 18.7.